The molecule has 0 aliphatic rings. The van der Waals surface area contributed by atoms with Crippen LogP contribution in [0.1, 0.15) is 13.8 Å². The van der Waals surface area contributed by atoms with Crippen LogP contribution in [0.4, 0.5) is 0 Å². The second-order valence-electron chi connectivity index (χ2n) is 2.54. The Labute approximate surface area is 82.8 Å². The van der Waals surface area contributed by atoms with Crippen LogP contribution in [0, 0.1) is 0 Å². The number of carbonyl (C=O) groups excluding carboxylic acids is 2. The monoisotopic (exact) mass is 207 g/mol. The summed E-state index contributed by atoms with van der Waals surface area (Å²) in [6.07, 6.45) is 0. The minimum Gasteiger partial charge on any atom is -0.468 e. The van der Waals surface area contributed by atoms with Crippen LogP contribution in [0.2, 0.25) is 0 Å². The van der Waals surface area contributed by atoms with Crippen molar-refractivity contribution < 1.29 is 14.3 Å². The third-order valence-corrected chi connectivity index (χ3v) is 1.77. The van der Waals surface area contributed by atoms with Crippen LogP contribution in [-0.4, -0.2) is 42.4 Å². The van der Waals surface area contributed by atoms with Gasteiger partial charge in [-0.1, -0.05) is 0 Å². The molecule has 0 aliphatic carbocycles. The molecular formula is C8H14ClNO3. The number of halogens is 1. The Balaban J connectivity index is 4.18. The van der Waals surface area contributed by atoms with E-state index in [-0.39, 0.29) is 12.5 Å². The molecule has 0 N–H and O–H groups in total. The van der Waals surface area contributed by atoms with Gasteiger partial charge in [-0.25, -0.2) is 0 Å². The van der Waals surface area contributed by atoms with Gasteiger partial charge in [-0.05, 0) is 13.8 Å². The van der Waals surface area contributed by atoms with Crippen molar-refractivity contribution in [1.29, 1.82) is 0 Å². The summed E-state index contributed by atoms with van der Waals surface area (Å²) < 4.78 is 4.44. The number of alkyl halides is 1. The number of rotatable bonds is 4. The summed E-state index contributed by atoms with van der Waals surface area (Å²) in [6, 6.07) is 0. The first-order chi connectivity index (χ1) is 6.02. The molecule has 4 nitrogen and oxygen atoms in total. The van der Waals surface area contributed by atoms with E-state index in [1.807, 2.05) is 0 Å². The Morgan fingerprint density at radius 1 is 1.54 bits per heavy atom. The fourth-order valence-corrected chi connectivity index (χ4v) is 0.956. The van der Waals surface area contributed by atoms with Crippen molar-refractivity contribution in [2.24, 2.45) is 0 Å². The molecule has 5 heteroatoms. The summed E-state index contributed by atoms with van der Waals surface area (Å²) >= 11 is 5.59. The summed E-state index contributed by atoms with van der Waals surface area (Å²) in [5.74, 6) is -0.693. The van der Waals surface area contributed by atoms with Gasteiger partial charge in [0.1, 0.15) is 11.9 Å². The van der Waals surface area contributed by atoms with Crippen LogP contribution in [0.25, 0.3) is 0 Å². The van der Waals surface area contributed by atoms with Gasteiger partial charge >= 0.3 is 5.97 Å². The first-order valence-electron chi connectivity index (χ1n) is 4.02. The lowest BCUT2D eigenvalue weighted by atomic mass is 10.3. The van der Waals surface area contributed by atoms with Crippen LogP contribution in [0.15, 0.2) is 0 Å². The highest BCUT2D eigenvalue weighted by Gasteiger charge is 2.19. The Morgan fingerprint density at radius 2 is 2.08 bits per heavy atom. The van der Waals surface area contributed by atoms with Crippen LogP contribution in [0.3, 0.4) is 0 Å². The number of hydrogen-bond acceptors (Lipinski definition) is 3. The third-order valence-electron chi connectivity index (χ3n) is 1.58. The zero-order valence-corrected chi connectivity index (χ0v) is 8.80. The number of likely N-dealkylation sites (N-methyl/N-ethyl adjacent to an activating group) is 1. The maximum atomic E-state index is 11.3. The molecule has 0 bridgehead atoms. The SMILES string of the molecule is CCN(CC(=O)OC)C(=O)C(C)Cl. The fraction of sp³-hybridized carbons (Fsp3) is 0.750. The van der Waals surface area contributed by atoms with Gasteiger partial charge < -0.3 is 9.64 Å². The predicted octanol–water partition coefficient (Wildman–Crippen LogP) is 0.635. The van der Waals surface area contributed by atoms with Gasteiger partial charge in [-0.2, -0.15) is 0 Å². The number of methoxy groups -OCH3 is 1. The van der Waals surface area contributed by atoms with Crippen LogP contribution in [-0.2, 0) is 14.3 Å². The van der Waals surface area contributed by atoms with Crippen molar-refractivity contribution in [2.75, 3.05) is 20.2 Å². The van der Waals surface area contributed by atoms with E-state index in [1.165, 1.54) is 12.0 Å². The highest BCUT2D eigenvalue weighted by Crippen LogP contribution is 2.01. The molecule has 0 rings (SSSR count). The van der Waals surface area contributed by atoms with Gasteiger partial charge in [-0.15, -0.1) is 11.6 Å². The molecular weight excluding hydrogens is 194 g/mol. The van der Waals surface area contributed by atoms with E-state index in [2.05, 4.69) is 4.74 Å². The molecule has 0 saturated carbocycles. The zero-order chi connectivity index (χ0) is 10.4. The number of ether oxygens (including phenoxy) is 1. The smallest absolute Gasteiger partial charge is 0.325 e. The summed E-state index contributed by atoms with van der Waals surface area (Å²) in [5, 5.41) is -0.607. The molecule has 0 saturated heterocycles. The molecule has 1 amide bonds. The van der Waals surface area contributed by atoms with E-state index in [0.717, 1.165) is 0 Å². The van der Waals surface area contributed by atoms with E-state index in [4.69, 9.17) is 11.6 Å². The maximum absolute atomic E-state index is 11.3. The van der Waals surface area contributed by atoms with Gasteiger partial charge in [0, 0.05) is 6.54 Å². The van der Waals surface area contributed by atoms with E-state index >= 15 is 0 Å². The molecule has 0 aromatic rings. The molecule has 13 heavy (non-hydrogen) atoms. The van der Waals surface area contributed by atoms with Crippen LogP contribution in [0.5, 0.6) is 0 Å². The lowest BCUT2D eigenvalue weighted by Crippen LogP contribution is -2.39. The van der Waals surface area contributed by atoms with Crippen molar-refractivity contribution in [3.8, 4) is 0 Å². The average molecular weight is 208 g/mol. The largest absolute Gasteiger partial charge is 0.468 e. The van der Waals surface area contributed by atoms with Crippen LogP contribution >= 0.6 is 11.6 Å². The van der Waals surface area contributed by atoms with Crippen molar-refractivity contribution >= 4 is 23.5 Å². The number of amides is 1. The minimum atomic E-state index is -0.607. The van der Waals surface area contributed by atoms with E-state index in [9.17, 15) is 9.59 Å². The van der Waals surface area contributed by atoms with Gasteiger partial charge in [0.2, 0.25) is 5.91 Å². The fourth-order valence-electron chi connectivity index (χ4n) is 0.818. The lowest BCUT2D eigenvalue weighted by molar-refractivity contribution is -0.146. The maximum Gasteiger partial charge on any atom is 0.325 e. The second-order valence-corrected chi connectivity index (χ2v) is 3.20. The van der Waals surface area contributed by atoms with Gasteiger partial charge in [0.25, 0.3) is 0 Å². The number of hydrogen-bond donors (Lipinski definition) is 0. The average Bonchev–Trinajstić information content (AvgIpc) is 2.12. The highest BCUT2D eigenvalue weighted by atomic mass is 35.5. The van der Waals surface area contributed by atoms with Gasteiger partial charge in [-0.3, -0.25) is 9.59 Å². The molecule has 0 aromatic heterocycles. The number of esters is 1. The summed E-state index contributed by atoms with van der Waals surface area (Å²) in [7, 11) is 1.28. The van der Waals surface area contributed by atoms with E-state index in [1.54, 1.807) is 13.8 Å². The predicted molar refractivity (Wildman–Crippen MR) is 49.6 cm³/mol. The van der Waals surface area contributed by atoms with Gasteiger partial charge in [0.15, 0.2) is 0 Å². The third kappa shape index (κ3) is 4.12. The molecule has 1 unspecified atom stereocenters. The van der Waals surface area contributed by atoms with E-state index in [0.29, 0.717) is 6.54 Å². The van der Waals surface area contributed by atoms with Crippen molar-refractivity contribution in [3.05, 3.63) is 0 Å². The standard InChI is InChI=1S/C8H14ClNO3/c1-4-10(5-7(11)13-3)8(12)6(2)9/h6H,4-5H2,1-3H3. The van der Waals surface area contributed by atoms with Crippen LogP contribution < -0.4 is 0 Å². The topological polar surface area (TPSA) is 46.6 Å². The zero-order valence-electron chi connectivity index (χ0n) is 8.04. The lowest BCUT2D eigenvalue weighted by Gasteiger charge is -2.20. The molecule has 0 fully saturated rings. The number of nitrogens with zero attached hydrogens (tertiary/aromatic N) is 1. The quantitative estimate of drug-likeness (QED) is 0.502. The second kappa shape index (κ2) is 5.80. The molecule has 0 spiro atoms. The Morgan fingerprint density at radius 3 is 2.38 bits per heavy atom. The van der Waals surface area contributed by atoms with Crippen molar-refractivity contribution in [1.82, 2.24) is 4.90 Å². The highest BCUT2D eigenvalue weighted by molar-refractivity contribution is 6.30. The van der Waals surface area contributed by atoms with Crippen molar-refractivity contribution in [3.63, 3.8) is 0 Å². The summed E-state index contributed by atoms with van der Waals surface area (Å²) in [6.45, 7) is 3.76. The molecule has 0 aliphatic heterocycles. The summed E-state index contributed by atoms with van der Waals surface area (Å²) in [5.41, 5.74) is 0. The molecule has 1 atom stereocenters. The molecule has 0 aromatic carbocycles. The van der Waals surface area contributed by atoms with Gasteiger partial charge in [0.05, 0.1) is 7.11 Å². The normalized spacial score (nSPS) is 12.0. The first kappa shape index (κ1) is 12.2. The van der Waals surface area contributed by atoms with Crippen molar-refractivity contribution in [2.45, 2.75) is 19.2 Å². The van der Waals surface area contributed by atoms with E-state index < -0.39 is 11.3 Å². The molecule has 0 heterocycles. The Bertz CT molecular complexity index is 194. The molecule has 0 radical (unpaired) electrons. The Kier molecular flexibility index (Phi) is 5.46. The first-order valence-corrected chi connectivity index (χ1v) is 4.46. The molecule has 76 valence electrons. The Hall–Kier alpha value is -0.770. The minimum absolute atomic E-state index is 0.0388. The summed E-state index contributed by atoms with van der Waals surface area (Å²) in [4.78, 5) is 23.5. The number of carbonyl (C=O) groups is 2.